The van der Waals surface area contributed by atoms with Crippen molar-refractivity contribution in [2.24, 2.45) is 5.92 Å². The summed E-state index contributed by atoms with van der Waals surface area (Å²) in [6.45, 7) is 3.81. The van der Waals surface area contributed by atoms with Crippen molar-refractivity contribution in [1.29, 1.82) is 0 Å². The quantitative estimate of drug-likeness (QED) is 0.923. The number of rotatable bonds is 2. The van der Waals surface area contributed by atoms with Crippen LogP contribution < -0.4 is 0 Å². The monoisotopic (exact) mass is 288 g/mol. The smallest absolute Gasteiger partial charge is 0.356 e. The van der Waals surface area contributed by atoms with E-state index in [1.807, 2.05) is 0 Å². The van der Waals surface area contributed by atoms with Gasteiger partial charge in [0.25, 0.3) is 0 Å². The van der Waals surface area contributed by atoms with E-state index in [4.69, 9.17) is 0 Å². The molecule has 0 radical (unpaired) electrons. The predicted octanol–water partition coefficient (Wildman–Crippen LogP) is 3.14. The van der Waals surface area contributed by atoms with Crippen molar-refractivity contribution in [3.8, 4) is 5.69 Å². The molecule has 0 spiro atoms. The van der Waals surface area contributed by atoms with Crippen LogP contribution in [0.3, 0.4) is 0 Å². The Kier molecular flexibility index (Phi) is 3.27. The topological polar surface area (TPSA) is 55.1 Å². The van der Waals surface area contributed by atoms with E-state index in [1.165, 1.54) is 6.07 Å². The van der Waals surface area contributed by atoms with Gasteiger partial charge in [-0.25, -0.2) is 13.9 Å². The van der Waals surface area contributed by atoms with Gasteiger partial charge in [-0.2, -0.15) is 5.10 Å². The van der Waals surface area contributed by atoms with E-state index in [2.05, 4.69) is 12.0 Å². The number of hydrogen-bond acceptors (Lipinski definition) is 2. The summed E-state index contributed by atoms with van der Waals surface area (Å²) in [5.41, 5.74) is 2.93. The molecule has 4 nitrogen and oxygen atoms in total. The normalized spacial score (nSPS) is 17.6. The number of halogens is 1. The zero-order valence-electron chi connectivity index (χ0n) is 12.1. The lowest BCUT2D eigenvalue weighted by molar-refractivity contribution is 0.0688. The molecule has 3 rings (SSSR count). The number of aromatic carboxylic acids is 1. The minimum absolute atomic E-state index is 0.0949. The van der Waals surface area contributed by atoms with Crippen molar-refractivity contribution in [3.05, 3.63) is 46.5 Å². The van der Waals surface area contributed by atoms with E-state index >= 15 is 0 Å². The molecule has 5 heteroatoms. The Morgan fingerprint density at radius 1 is 1.48 bits per heavy atom. The van der Waals surface area contributed by atoms with E-state index in [1.54, 1.807) is 23.7 Å². The second-order valence-electron chi connectivity index (χ2n) is 5.77. The number of hydrogen-bond donors (Lipinski definition) is 1. The van der Waals surface area contributed by atoms with Crippen LogP contribution in [0.15, 0.2) is 18.2 Å². The van der Waals surface area contributed by atoms with Crippen molar-refractivity contribution in [2.45, 2.75) is 33.1 Å². The Hall–Kier alpha value is -2.17. The molecular formula is C16H17FN2O2. The van der Waals surface area contributed by atoms with Gasteiger partial charge in [-0.05, 0) is 49.8 Å². The first-order valence-corrected chi connectivity index (χ1v) is 7.08. The maximum absolute atomic E-state index is 13.8. The summed E-state index contributed by atoms with van der Waals surface area (Å²) >= 11 is 0. The minimum atomic E-state index is -1.02. The molecule has 0 amide bonds. The molecule has 2 aromatic rings. The van der Waals surface area contributed by atoms with E-state index in [0.29, 0.717) is 23.6 Å². The summed E-state index contributed by atoms with van der Waals surface area (Å²) in [5, 5.41) is 13.6. The molecule has 0 fully saturated rings. The molecule has 0 saturated carbocycles. The molecule has 110 valence electrons. The van der Waals surface area contributed by atoms with Gasteiger partial charge in [0.05, 0.1) is 5.69 Å². The molecule has 1 N–H and O–H groups in total. The largest absolute Gasteiger partial charge is 0.476 e. The average molecular weight is 288 g/mol. The third-order valence-corrected chi connectivity index (χ3v) is 4.12. The number of carbonyl (C=O) groups is 1. The number of carboxylic acid groups (broad SMARTS) is 1. The van der Waals surface area contributed by atoms with E-state index in [9.17, 15) is 14.3 Å². The molecule has 1 aromatic heterocycles. The van der Waals surface area contributed by atoms with Crippen LogP contribution >= 0.6 is 0 Å². The van der Waals surface area contributed by atoms with Gasteiger partial charge in [0, 0.05) is 11.3 Å². The van der Waals surface area contributed by atoms with Crippen LogP contribution in [0.25, 0.3) is 5.69 Å². The van der Waals surface area contributed by atoms with Crippen molar-refractivity contribution >= 4 is 5.97 Å². The first-order chi connectivity index (χ1) is 9.97. The molecular weight excluding hydrogens is 271 g/mol. The van der Waals surface area contributed by atoms with Crippen LogP contribution in [0, 0.1) is 18.7 Å². The summed E-state index contributed by atoms with van der Waals surface area (Å²) in [6.07, 6.45) is 2.48. The van der Waals surface area contributed by atoms with Gasteiger partial charge in [-0.1, -0.05) is 13.0 Å². The highest BCUT2D eigenvalue weighted by Crippen LogP contribution is 2.30. The van der Waals surface area contributed by atoms with E-state index in [-0.39, 0.29) is 11.5 Å². The van der Waals surface area contributed by atoms with Crippen LogP contribution in [0.5, 0.6) is 0 Å². The first kappa shape index (κ1) is 13.8. The zero-order valence-corrected chi connectivity index (χ0v) is 12.1. The second-order valence-corrected chi connectivity index (χ2v) is 5.77. The Morgan fingerprint density at radius 3 is 2.90 bits per heavy atom. The van der Waals surface area contributed by atoms with Crippen LogP contribution in [-0.4, -0.2) is 20.9 Å². The first-order valence-electron chi connectivity index (χ1n) is 7.08. The molecule has 0 bridgehead atoms. The Labute approximate surface area is 122 Å². The Balaban J connectivity index is 2.17. The summed E-state index contributed by atoms with van der Waals surface area (Å²) in [5.74, 6) is -0.882. The van der Waals surface area contributed by atoms with E-state index in [0.717, 1.165) is 24.1 Å². The average Bonchev–Trinajstić information content (AvgIpc) is 2.80. The number of benzene rings is 1. The highest BCUT2D eigenvalue weighted by molar-refractivity contribution is 5.87. The lowest BCUT2D eigenvalue weighted by Crippen LogP contribution is -2.14. The fraction of sp³-hybridized carbons (Fsp3) is 0.375. The minimum Gasteiger partial charge on any atom is -0.476 e. The highest BCUT2D eigenvalue weighted by Gasteiger charge is 2.28. The van der Waals surface area contributed by atoms with Crippen LogP contribution in [0.2, 0.25) is 0 Å². The number of aromatic nitrogens is 2. The molecule has 0 saturated heterocycles. The van der Waals surface area contributed by atoms with Crippen LogP contribution in [0.1, 0.15) is 40.7 Å². The van der Waals surface area contributed by atoms with Gasteiger partial charge in [0.15, 0.2) is 5.69 Å². The summed E-state index contributed by atoms with van der Waals surface area (Å²) in [7, 11) is 0. The lowest BCUT2D eigenvalue weighted by atomic mass is 9.87. The summed E-state index contributed by atoms with van der Waals surface area (Å²) < 4.78 is 15.4. The molecule has 21 heavy (non-hydrogen) atoms. The van der Waals surface area contributed by atoms with Gasteiger partial charge < -0.3 is 5.11 Å². The fourth-order valence-electron chi connectivity index (χ4n) is 2.89. The number of fused-ring (bicyclic) bond motifs is 1. The maximum Gasteiger partial charge on any atom is 0.356 e. The van der Waals surface area contributed by atoms with Crippen molar-refractivity contribution in [3.63, 3.8) is 0 Å². The SMILES string of the molecule is Cc1ccc(-n2nc(C(=O)O)c3c2CCC(C)C3)cc1F. The van der Waals surface area contributed by atoms with Crippen LogP contribution in [-0.2, 0) is 12.8 Å². The molecule has 1 unspecified atom stereocenters. The fourth-order valence-corrected chi connectivity index (χ4v) is 2.89. The standard InChI is InChI=1S/C16H17FN2O2/c1-9-3-6-14-12(7-9)15(16(20)21)18-19(14)11-5-4-10(2)13(17)8-11/h4-5,8-9H,3,6-7H2,1-2H3,(H,20,21). The molecule has 0 aliphatic heterocycles. The Bertz CT molecular complexity index is 721. The maximum atomic E-state index is 13.8. The van der Waals surface area contributed by atoms with Gasteiger partial charge in [0.1, 0.15) is 5.82 Å². The zero-order chi connectivity index (χ0) is 15.1. The second kappa shape index (κ2) is 4.98. The van der Waals surface area contributed by atoms with Crippen LogP contribution in [0.4, 0.5) is 4.39 Å². The number of aryl methyl sites for hydroxylation is 1. The predicted molar refractivity (Wildman–Crippen MR) is 76.4 cm³/mol. The van der Waals surface area contributed by atoms with Gasteiger partial charge in [-0.15, -0.1) is 0 Å². The van der Waals surface area contributed by atoms with Crippen molar-refractivity contribution in [1.82, 2.24) is 9.78 Å². The van der Waals surface area contributed by atoms with Crippen molar-refractivity contribution < 1.29 is 14.3 Å². The lowest BCUT2D eigenvalue weighted by Gasteiger charge is -2.19. The summed E-state index contributed by atoms with van der Waals surface area (Å²) in [4.78, 5) is 11.4. The molecule has 1 aliphatic carbocycles. The van der Waals surface area contributed by atoms with Gasteiger partial charge in [0.2, 0.25) is 0 Å². The third-order valence-electron chi connectivity index (χ3n) is 4.12. The van der Waals surface area contributed by atoms with Gasteiger partial charge >= 0.3 is 5.97 Å². The van der Waals surface area contributed by atoms with Crippen molar-refractivity contribution in [2.75, 3.05) is 0 Å². The Morgan fingerprint density at radius 2 is 2.24 bits per heavy atom. The third kappa shape index (κ3) is 2.33. The highest BCUT2D eigenvalue weighted by atomic mass is 19.1. The van der Waals surface area contributed by atoms with Gasteiger partial charge in [-0.3, -0.25) is 0 Å². The number of nitrogens with zero attached hydrogens (tertiary/aromatic N) is 2. The molecule has 1 aliphatic rings. The molecule has 1 heterocycles. The molecule has 1 aromatic carbocycles. The van der Waals surface area contributed by atoms with E-state index < -0.39 is 5.97 Å². The summed E-state index contributed by atoms with van der Waals surface area (Å²) in [6, 6.07) is 4.87. The molecule has 1 atom stereocenters. The number of carboxylic acids is 1.